The van der Waals surface area contributed by atoms with E-state index in [2.05, 4.69) is 28.9 Å². The van der Waals surface area contributed by atoms with Crippen molar-refractivity contribution in [2.24, 2.45) is 0 Å². The van der Waals surface area contributed by atoms with Crippen LogP contribution in [0, 0.1) is 0 Å². The number of halogens is 1. The van der Waals surface area contributed by atoms with Crippen molar-refractivity contribution in [1.29, 1.82) is 0 Å². The van der Waals surface area contributed by atoms with Crippen molar-refractivity contribution in [2.75, 3.05) is 22.8 Å². The quantitative estimate of drug-likeness (QED) is 0.256. The van der Waals surface area contributed by atoms with Gasteiger partial charge in [-0.05, 0) is 67.4 Å². The summed E-state index contributed by atoms with van der Waals surface area (Å²) >= 11 is 6.38. The lowest BCUT2D eigenvalue weighted by atomic mass is 10.1. The summed E-state index contributed by atoms with van der Waals surface area (Å²) in [6, 6.07) is 25.8. The molecule has 6 rings (SSSR count). The third-order valence-corrected chi connectivity index (χ3v) is 9.17. The molecular weight excluding hydrogens is 534 g/mol. The Labute approximate surface area is 231 Å². The molecule has 5 aromatic rings. The number of rotatable bonds is 7. The zero-order valence-electron chi connectivity index (χ0n) is 21.2. The van der Waals surface area contributed by atoms with Crippen LogP contribution in [0.4, 0.5) is 11.4 Å². The fourth-order valence-electron chi connectivity index (χ4n) is 5.26. The van der Waals surface area contributed by atoms with Gasteiger partial charge in [-0.3, -0.25) is 9.10 Å². The maximum absolute atomic E-state index is 13.3. The first-order chi connectivity index (χ1) is 18.9. The van der Waals surface area contributed by atoms with Crippen LogP contribution in [-0.2, 0) is 27.8 Å². The smallest absolute Gasteiger partial charge is 0.264 e. The summed E-state index contributed by atoms with van der Waals surface area (Å²) in [5.74, 6) is -0.121. The molecule has 0 saturated heterocycles. The topological polar surface area (TPSA) is 80.6 Å². The molecule has 0 unspecified atom stereocenters. The minimum Gasteiger partial charge on any atom is -0.482 e. The number of fused-ring (bicyclic) bond motifs is 4. The van der Waals surface area contributed by atoms with Crippen molar-refractivity contribution >= 4 is 60.7 Å². The minimum absolute atomic E-state index is 0.0700. The first-order valence-electron chi connectivity index (χ1n) is 12.7. The standard InChI is InChI=1S/C30H26ClN3O4S/c1-2-33-27-10-6-4-8-23(27)24-17-21(11-13-28(24)33)32-30(35)19-38-29-14-12-22(18-25(29)31)39(36,37)34-16-15-20-7-3-5-9-26(20)34/h3-14,17-18H,2,15-16,19H2,1H3,(H,32,35). The van der Waals surface area contributed by atoms with Gasteiger partial charge in [-0.15, -0.1) is 0 Å². The monoisotopic (exact) mass is 559 g/mol. The molecule has 9 heteroatoms. The molecule has 2 heterocycles. The van der Waals surface area contributed by atoms with Crippen LogP contribution in [-0.4, -0.2) is 32.0 Å². The summed E-state index contributed by atoms with van der Waals surface area (Å²) < 4.78 is 35.9. The minimum atomic E-state index is -3.78. The molecule has 0 spiro atoms. The van der Waals surface area contributed by atoms with Crippen molar-refractivity contribution in [3.05, 3.63) is 95.5 Å². The van der Waals surface area contributed by atoms with Gasteiger partial charge in [0.2, 0.25) is 0 Å². The van der Waals surface area contributed by atoms with Crippen molar-refractivity contribution in [1.82, 2.24) is 4.57 Å². The highest BCUT2D eigenvalue weighted by Gasteiger charge is 2.31. The van der Waals surface area contributed by atoms with Gasteiger partial charge in [0.1, 0.15) is 5.75 Å². The number of carbonyl (C=O) groups excluding carboxylic acids is 1. The van der Waals surface area contributed by atoms with Gasteiger partial charge < -0.3 is 14.6 Å². The van der Waals surface area contributed by atoms with Crippen molar-refractivity contribution in [3.8, 4) is 5.75 Å². The van der Waals surface area contributed by atoms with Crippen LogP contribution in [0.15, 0.2) is 89.8 Å². The number of anilines is 2. The van der Waals surface area contributed by atoms with E-state index in [1.807, 2.05) is 48.5 Å². The molecule has 0 radical (unpaired) electrons. The number of aryl methyl sites for hydroxylation is 1. The molecule has 0 bridgehead atoms. The highest BCUT2D eigenvalue weighted by Crippen LogP contribution is 2.35. The third-order valence-electron chi connectivity index (χ3n) is 7.07. The van der Waals surface area contributed by atoms with E-state index in [-0.39, 0.29) is 28.2 Å². The fraction of sp³-hybridized carbons (Fsp3) is 0.167. The summed E-state index contributed by atoms with van der Waals surface area (Å²) in [7, 11) is -3.78. The van der Waals surface area contributed by atoms with Crippen LogP contribution in [0.1, 0.15) is 12.5 Å². The van der Waals surface area contributed by atoms with E-state index in [4.69, 9.17) is 16.3 Å². The molecule has 39 heavy (non-hydrogen) atoms. The van der Waals surface area contributed by atoms with Crippen molar-refractivity contribution in [2.45, 2.75) is 24.8 Å². The second-order valence-electron chi connectivity index (χ2n) is 9.38. The Morgan fingerprint density at radius 1 is 0.949 bits per heavy atom. The summed E-state index contributed by atoms with van der Waals surface area (Å²) in [5, 5.41) is 5.18. The zero-order chi connectivity index (χ0) is 27.1. The van der Waals surface area contributed by atoms with Crippen LogP contribution >= 0.6 is 11.6 Å². The van der Waals surface area contributed by atoms with E-state index in [9.17, 15) is 13.2 Å². The van der Waals surface area contributed by atoms with Gasteiger partial charge in [0, 0.05) is 40.6 Å². The number of sulfonamides is 1. The van der Waals surface area contributed by atoms with Crippen molar-refractivity contribution in [3.63, 3.8) is 0 Å². The van der Waals surface area contributed by atoms with Crippen LogP contribution in [0.3, 0.4) is 0 Å². The average Bonchev–Trinajstić information content (AvgIpc) is 3.52. The van der Waals surface area contributed by atoms with E-state index in [0.717, 1.165) is 33.9 Å². The Bertz CT molecular complexity index is 1850. The van der Waals surface area contributed by atoms with Gasteiger partial charge in [0.15, 0.2) is 6.61 Å². The van der Waals surface area contributed by atoms with Crippen molar-refractivity contribution < 1.29 is 17.9 Å². The number of aromatic nitrogens is 1. The average molecular weight is 560 g/mol. The van der Waals surface area contributed by atoms with E-state index in [1.165, 1.54) is 22.5 Å². The number of benzene rings is 4. The number of ether oxygens (including phenoxy) is 1. The molecule has 1 N–H and O–H groups in total. The van der Waals surface area contributed by atoms with E-state index in [1.54, 1.807) is 6.07 Å². The Hall–Kier alpha value is -4.01. The molecule has 4 aromatic carbocycles. The first-order valence-corrected chi connectivity index (χ1v) is 14.5. The molecule has 1 aromatic heterocycles. The lowest BCUT2D eigenvalue weighted by Crippen LogP contribution is -2.29. The normalized spacial score (nSPS) is 13.1. The molecule has 1 aliphatic heterocycles. The van der Waals surface area contributed by atoms with Gasteiger partial charge in [-0.2, -0.15) is 0 Å². The number of para-hydroxylation sites is 2. The predicted molar refractivity (Wildman–Crippen MR) is 155 cm³/mol. The maximum atomic E-state index is 13.3. The predicted octanol–water partition coefficient (Wildman–Crippen LogP) is 6.24. The lowest BCUT2D eigenvalue weighted by Gasteiger charge is -2.20. The number of amides is 1. The van der Waals surface area contributed by atoms with Gasteiger partial charge in [-0.1, -0.05) is 48.0 Å². The number of nitrogens with one attached hydrogen (secondary N) is 1. The van der Waals surface area contributed by atoms with E-state index in [0.29, 0.717) is 24.3 Å². The largest absolute Gasteiger partial charge is 0.482 e. The second-order valence-corrected chi connectivity index (χ2v) is 11.6. The van der Waals surface area contributed by atoms with Gasteiger partial charge >= 0.3 is 0 Å². The fourth-order valence-corrected chi connectivity index (χ4v) is 7.09. The molecule has 0 saturated carbocycles. The maximum Gasteiger partial charge on any atom is 0.264 e. The summed E-state index contributed by atoms with van der Waals surface area (Å²) in [4.78, 5) is 12.8. The van der Waals surface area contributed by atoms with Crippen LogP contribution in [0.5, 0.6) is 5.75 Å². The Kier molecular flexibility index (Phi) is 6.45. The third kappa shape index (κ3) is 4.49. The Morgan fingerprint density at radius 2 is 1.72 bits per heavy atom. The van der Waals surface area contributed by atoms with Gasteiger partial charge in [-0.25, -0.2) is 8.42 Å². The summed E-state index contributed by atoms with van der Waals surface area (Å²) in [6.45, 7) is 3.05. The molecule has 1 aliphatic rings. The van der Waals surface area contributed by atoms with Gasteiger partial charge in [0.25, 0.3) is 15.9 Å². The molecule has 1 amide bonds. The van der Waals surface area contributed by atoms with E-state index < -0.39 is 10.0 Å². The number of carbonyl (C=O) groups is 1. The summed E-state index contributed by atoms with van der Waals surface area (Å²) in [6.07, 6.45) is 0.660. The molecular formula is C30H26ClN3O4S. The molecule has 198 valence electrons. The second kappa shape index (κ2) is 9.94. The molecule has 7 nitrogen and oxygen atoms in total. The SMILES string of the molecule is CCn1c2ccccc2c2cc(NC(=O)COc3ccc(S(=O)(=O)N4CCc5ccccc54)cc3Cl)ccc21. The number of hydrogen-bond acceptors (Lipinski definition) is 4. The molecule has 0 atom stereocenters. The Balaban J connectivity index is 1.15. The lowest BCUT2D eigenvalue weighted by molar-refractivity contribution is -0.118. The van der Waals surface area contributed by atoms with Crippen LogP contribution in [0.25, 0.3) is 21.8 Å². The van der Waals surface area contributed by atoms with E-state index >= 15 is 0 Å². The first kappa shape index (κ1) is 25.3. The summed E-state index contributed by atoms with van der Waals surface area (Å²) in [5.41, 5.74) is 4.59. The number of hydrogen-bond donors (Lipinski definition) is 1. The van der Waals surface area contributed by atoms with Gasteiger partial charge in [0.05, 0.1) is 15.6 Å². The molecule has 0 aliphatic carbocycles. The Morgan fingerprint density at radius 3 is 2.54 bits per heavy atom. The number of nitrogens with zero attached hydrogens (tertiary/aromatic N) is 2. The molecule has 0 fully saturated rings. The van der Waals surface area contributed by atoms with Crippen LogP contribution in [0.2, 0.25) is 5.02 Å². The zero-order valence-corrected chi connectivity index (χ0v) is 22.8. The highest BCUT2D eigenvalue weighted by molar-refractivity contribution is 7.92. The van der Waals surface area contributed by atoms with Crippen LogP contribution < -0.4 is 14.4 Å². The highest BCUT2D eigenvalue weighted by atomic mass is 35.5.